The van der Waals surface area contributed by atoms with Gasteiger partial charge >= 0.3 is 0 Å². The van der Waals surface area contributed by atoms with Gasteiger partial charge in [-0.15, -0.1) is 0 Å². The summed E-state index contributed by atoms with van der Waals surface area (Å²) in [4.78, 5) is 62.0. The van der Waals surface area contributed by atoms with Gasteiger partial charge in [-0.2, -0.15) is 0 Å². The zero-order chi connectivity index (χ0) is 28.5. The van der Waals surface area contributed by atoms with Crippen LogP contribution in [0.5, 0.6) is 0 Å². The molecule has 0 fully saturated rings. The van der Waals surface area contributed by atoms with E-state index in [1.165, 1.54) is 38.0 Å². The van der Waals surface area contributed by atoms with Crippen molar-refractivity contribution in [2.24, 2.45) is 5.92 Å². The van der Waals surface area contributed by atoms with Crippen LogP contribution in [0.4, 0.5) is 0 Å². The van der Waals surface area contributed by atoms with Crippen LogP contribution in [-0.2, 0) is 24.0 Å². The molecule has 0 aliphatic carbocycles. The van der Waals surface area contributed by atoms with Crippen LogP contribution in [0.25, 0.3) is 0 Å². The number of ketones is 1. The molecule has 0 bridgehead atoms. The van der Waals surface area contributed by atoms with Gasteiger partial charge in [0.1, 0.15) is 17.9 Å². The number of amides is 4. The highest BCUT2D eigenvalue weighted by atomic mass is 16.3. The number of Topliss-reactive ketones (excluding diaryl/α,β-unsaturated/α-hetero) is 1. The van der Waals surface area contributed by atoms with Crippen molar-refractivity contribution in [3.05, 3.63) is 36.5 Å². The van der Waals surface area contributed by atoms with Crippen LogP contribution < -0.4 is 21.3 Å². The number of rotatable bonds is 12. The van der Waals surface area contributed by atoms with Gasteiger partial charge in [-0.05, 0) is 32.6 Å². The molecule has 4 atom stereocenters. The number of unbranched alkanes of at least 4 members (excludes halogenated alkanes) is 3. The lowest BCUT2D eigenvalue weighted by Crippen LogP contribution is -2.57. The van der Waals surface area contributed by atoms with Crippen LogP contribution >= 0.6 is 0 Å². The average molecular weight is 533 g/mol. The van der Waals surface area contributed by atoms with E-state index in [0.717, 1.165) is 19.3 Å². The van der Waals surface area contributed by atoms with Crippen LogP contribution in [0.3, 0.4) is 0 Å². The average Bonchev–Trinajstić information content (AvgIpc) is 2.83. The fraction of sp³-hybridized carbons (Fsp3) is 0.607. The van der Waals surface area contributed by atoms with E-state index in [1.807, 2.05) is 6.08 Å². The smallest absolute Gasteiger partial charge is 0.245 e. The second kappa shape index (κ2) is 18.1. The van der Waals surface area contributed by atoms with Crippen molar-refractivity contribution in [3.8, 4) is 0 Å². The minimum Gasteiger partial charge on any atom is -0.391 e. The Balaban J connectivity index is 2.71. The number of carbonyl (C=O) groups is 5. The molecule has 38 heavy (non-hydrogen) atoms. The normalized spacial score (nSPS) is 21.8. The maximum absolute atomic E-state index is 12.9. The standard InChI is InChI=1S/C28H44N4O6/c1-19(2)12-10-8-6-5-7-9-11-13-25(36)32-26(21(4)33)28(38)31-23-18-22(34)16-17-29-24(35)15-14-20(3)30-27(23)37/h7,9,11,13-15,19-21,23,26,33H,5-6,8,10,12,16-18H2,1-4H3,(H,29,35)(H,30,37)(H,31,38)(H,32,36)/b9-7+,13-11+,15-14-/t20-,21+,23-,26-/m0/s1. The summed E-state index contributed by atoms with van der Waals surface area (Å²) in [7, 11) is 0. The Bertz CT molecular complexity index is 894. The van der Waals surface area contributed by atoms with E-state index in [2.05, 4.69) is 35.1 Å². The zero-order valence-electron chi connectivity index (χ0n) is 23.0. The molecule has 1 aliphatic heterocycles. The van der Waals surface area contributed by atoms with E-state index in [1.54, 1.807) is 19.1 Å². The summed E-state index contributed by atoms with van der Waals surface area (Å²) < 4.78 is 0. The number of nitrogens with one attached hydrogen (secondary N) is 4. The minimum absolute atomic E-state index is 0.0123. The van der Waals surface area contributed by atoms with E-state index in [4.69, 9.17) is 0 Å². The molecule has 0 aromatic carbocycles. The highest BCUT2D eigenvalue weighted by Crippen LogP contribution is 2.09. The largest absolute Gasteiger partial charge is 0.391 e. The molecule has 0 saturated heterocycles. The molecule has 5 N–H and O–H groups in total. The molecule has 0 aromatic heterocycles. The molecule has 1 rings (SSSR count). The number of hydrogen-bond donors (Lipinski definition) is 5. The molecule has 0 saturated carbocycles. The summed E-state index contributed by atoms with van der Waals surface area (Å²) in [6.45, 7) is 7.51. The molecule has 4 amide bonds. The van der Waals surface area contributed by atoms with Crippen LogP contribution in [0.1, 0.15) is 72.6 Å². The molecular weight excluding hydrogens is 488 g/mol. The molecule has 1 heterocycles. The maximum atomic E-state index is 12.9. The predicted octanol–water partition coefficient (Wildman–Crippen LogP) is 1.60. The molecule has 0 spiro atoms. The van der Waals surface area contributed by atoms with E-state index < -0.39 is 42.0 Å². The van der Waals surface area contributed by atoms with Crippen molar-refractivity contribution < 1.29 is 29.1 Å². The van der Waals surface area contributed by atoms with Crippen LogP contribution in [0, 0.1) is 5.92 Å². The van der Waals surface area contributed by atoms with E-state index in [9.17, 15) is 29.1 Å². The first-order valence-corrected chi connectivity index (χ1v) is 13.4. The number of hydrogen-bond acceptors (Lipinski definition) is 6. The molecule has 10 nitrogen and oxygen atoms in total. The lowest BCUT2D eigenvalue weighted by molar-refractivity contribution is -0.134. The molecule has 10 heteroatoms. The first-order chi connectivity index (χ1) is 18.0. The SMILES string of the molecule is CC(C)CCCCC/C=C/C=C/C(=O)N[C@H](C(=O)N[C@H]1CC(=O)CCNC(=O)/C=C\[C@H](C)NC1=O)[C@@H](C)O. The van der Waals surface area contributed by atoms with Gasteiger partial charge in [-0.1, -0.05) is 57.4 Å². The second-order valence-corrected chi connectivity index (χ2v) is 10.0. The lowest BCUT2D eigenvalue weighted by atomic mass is 10.0. The molecular formula is C28H44N4O6. The van der Waals surface area contributed by atoms with Crippen molar-refractivity contribution in [3.63, 3.8) is 0 Å². The number of aliphatic hydroxyl groups is 1. The third kappa shape index (κ3) is 14.5. The molecule has 212 valence electrons. The Labute approximate surface area is 225 Å². The van der Waals surface area contributed by atoms with Gasteiger partial charge in [0.25, 0.3) is 0 Å². The summed E-state index contributed by atoms with van der Waals surface area (Å²) in [5.74, 6) is -1.99. The van der Waals surface area contributed by atoms with E-state index in [0.29, 0.717) is 5.92 Å². The fourth-order valence-corrected chi connectivity index (χ4v) is 3.71. The molecule has 0 radical (unpaired) electrons. The number of aliphatic hydroxyl groups excluding tert-OH is 1. The van der Waals surface area contributed by atoms with Crippen molar-refractivity contribution in [2.45, 2.75) is 96.9 Å². The van der Waals surface area contributed by atoms with Crippen molar-refractivity contribution >= 4 is 29.4 Å². The van der Waals surface area contributed by atoms with E-state index in [-0.39, 0.29) is 31.1 Å². The van der Waals surface area contributed by atoms with Gasteiger partial charge < -0.3 is 26.4 Å². The van der Waals surface area contributed by atoms with Gasteiger partial charge in [0.15, 0.2) is 0 Å². The van der Waals surface area contributed by atoms with E-state index >= 15 is 0 Å². The highest BCUT2D eigenvalue weighted by Gasteiger charge is 2.31. The quantitative estimate of drug-likeness (QED) is 0.146. The number of allylic oxidation sites excluding steroid dienone is 3. The zero-order valence-corrected chi connectivity index (χ0v) is 23.0. The Morgan fingerprint density at radius 2 is 1.87 bits per heavy atom. The second-order valence-electron chi connectivity index (χ2n) is 10.0. The van der Waals surface area contributed by atoms with Gasteiger partial charge in [0.2, 0.25) is 23.6 Å². The summed E-state index contributed by atoms with van der Waals surface area (Å²) in [5.41, 5.74) is 0. The minimum atomic E-state index is -1.34. The fourth-order valence-electron chi connectivity index (χ4n) is 3.71. The van der Waals surface area contributed by atoms with Crippen molar-refractivity contribution in [2.75, 3.05) is 6.54 Å². The predicted molar refractivity (Wildman–Crippen MR) is 146 cm³/mol. The summed E-state index contributed by atoms with van der Waals surface area (Å²) in [5, 5.41) is 20.2. The topological polar surface area (TPSA) is 154 Å². The first-order valence-electron chi connectivity index (χ1n) is 13.4. The molecule has 0 aromatic rings. The van der Waals surface area contributed by atoms with Gasteiger partial charge in [-0.25, -0.2) is 0 Å². The Morgan fingerprint density at radius 3 is 2.55 bits per heavy atom. The first kappa shape index (κ1) is 32.8. The summed E-state index contributed by atoms with van der Waals surface area (Å²) in [6.07, 6.45) is 13.3. The Hall–Kier alpha value is -3.27. The van der Waals surface area contributed by atoms with Crippen LogP contribution in [0.2, 0.25) is 0 Å². The van der Waals surface area contributed by atoms with Crippen molar-refractivity contribution in [1.82, 2.24) is 21.3 Å². The van der Waals surface area contributed by atoms with Crippen molar-refractivity contribution in [1.29, 1.82) is 0 Å². The lowest BCUT2D eigenvalue weighted by Gasteiger charge is -2.25. The van der Waals surface area contributed by atoms with Gasteiger partial charge in [0.05, 0.1) is 6.10 Å². The number of carbonyl (C=O) groups excluding carboxylic acids is 5. The third-order valence-electron chi connectivity index (χ3n) is 5.88. The van der Waals surface area contributed by atoms with Crippen LogP contribution in [-0.4, -0.2) is 65.3 Å². The monoisotopic (exact) mass is 532 g/mol. The third-order valence-corrected chi connectivity index (χ3v) is 5.88. The summed E-state index contributed by atoms with van der Waals surface area (Å²) >= 11 is 0. The van der Waals surface area contributed by atoms with Gasteiger partial charge in [0, 0.05) is 37.6 Å². The Kier molecular flexibility index (Phi) is 15.6. The van der Waals surface area contributed by atoms with Gasteiger partial charge in [-0.3, -0.25) is 24.0 Å². The maximum Gasteiger partial charge on any atom is 0.245 e. The summed E-state index contributed by atoms with van der Waals surface area (Å²) in [6, 6.07) is -3.08. The molecule has 0 unspecified atom stereocenters. The highest BCUT2D eigenvalue weighted by molar-refractivity contribution is 5.97. The molecule has 1 aliphatic rings. The Morgan fingerprint density at radius 1 is 1.13 bits per heavy atom. The van der Waals surface area contributed by atoms with Crippen LogP contribution in [0.15, 0.2) is 36.5 Å².